The van der Waals surface area contributed by atoms with Crippen molar-refractivity contribution in [3.8, 4) is 11.5 Å². The van der Waals surface area contributed by atoms with Gasteiger partial charge in [0.25, 0.3) is 11.8 Å². The number of benzene rings is 2. The smallest absolute Gasteiger partial charge is 0.872 e. The van der Waals surface area contributed by atoms with Crippen LogP contribution in [0.1, 0.15) is 31.8 Å². The molecule has 39 heavy (non-hydrogen) atoms. The van der Waals surface area contributed by atoms with Crippen LogP contribution in [-0.4, -0.2) is 34.2 Å². The van der Waals surface area contributed by atoms with Crippen LogP contribution in [-0.2, 0) is 19.5 Å². The summed E-state index contributed by atoms with van der Waals surface area (Å²) in [5, 5.41) is 30.5. The zero-order valence-corrected chi connectivity index (χ0v) is 26.3. The Kier molecular flexibility index (Phi) is 13.1. The molecular weight excluding hydrogens is 686 g/mol. The molecule has 2 N–H and O–H groups in total. The van der Waals surface area contributed by atoms with Crippen molar-refractivity contribution in [1.29, 1.82) is 0 Å². The number of carbonyl (C=O) groups excluding carboxylic acids is 2. The van der Waals surface area contributed by atoms with Crippen LogP contribution in [0.15, 0.2) is 105 Å². The molecule has 4 rings (SSSR count). The number of halogens is 2. The van der Waals surface area contributed by atoms with Gasteiger partial charge in [-0.25, -0.2) is 10.9 Å². The Morgan fingerprint density at radius 1 is 0.718 bits per heavy atom. The summed E-state index contributed by atoms with van der Waals surface area (Å²) in [6.45, 7) is 0. The number of hydrogen-bond acceptors (Lipinski definition) is 8. The summed E-state index contributed by atoms with van der Waals surface area (Å²) in [4.78, 5) is 30.9. The Morgan fingerprint density at radius 3 is 1.49 bits per heavy atom. The van der Waals surface area contributed by atoms with Crippen molar-refractivity contribution in [3.05, 3.63) is 117 Å². The first-order chi connectivity index (χ1) is 18.3. The van der Waals surface area contributed by atoms with Crippen molar-refractivity contribution < 1.29 is 39.3 Å². The van der Waals surface area contributed by atoms with Gasteiger partial charge in [-0.05, 0) is 59.7 Å². The minimum absolute atomic E-state index is 0. The Labute approximate surface area is 253 Å². The SMILES string of the molecule is O=C(N/N=C/c1cc(Br)ccc1[O-])c1cccnc1.O=C(N/N=C/c1cc(Br)ccc1[O-])c1cccnc1.[Zn+2]. The van der Waals surface area contributed by atoms with Crippen LogP contribution in [0.25, 0.3) is 0 Å². The average molecular weight is 704 g/mol. The van der Waals surface area contributed by atoms with Gasteiger partial charge >= 0.3 is 19.5 Å². The summed E-state index contributed by atoms with van der Waals surface area (Å²) in [7, 11) is 0. The first-order valence-corrected chi connectivity index (χ1v) is 12.3. The standard InChI is InChI=1S/2C13H10BrN3O2.Zn/c2*14-11-3-4-12(18)10(6-11)8-16-17-13(19)9-2-1-5-15-7-9;/h2*1-8,18H,(H,17,19);/q;;+2/p-2/b2*16-8+;. The molecule has 0 fully saturated rings. The van der Waals surface area contributed by atoms with Crippen molar-refractivity contribution in [2.45, 2.75) is 0 Å². The molecule has 0 aliphatic heterocycles. The molecule has 0 radical (unpaired) electrons. The van der Waals surface area contributed by atoms with E-state index in [2.05, 4.69) is 62.9 Å². The molecule has 192 valence electrons. The van der Waals surface area contributed by atoms with Crippen molar-refractivity contribution in [1.82, 2.24) is 20.8 Å². The molecular formula is C26H18Br2N6O4Zn. The van der Waals surface area contributed by atoms with E-state index in [4.69, 9.17) is 0 Å². The third-order valence-electron chi connectivity index (χ3n) is 4.53. The molecule has 0 spiro atoms. The fraction of sp³-hybridized carbons (Fsp3) is 0. The van der Waals surface area contributed by atoms with E-state index in [-0.39, 0.29) is 42.8 Å². The van der Waals surface area contributed by atoms with E-state index >= 15 is 0 Å². The third kappa shape index (κ3) is 10.5. The van der Waals surface area contributed by atoms with Crippen LogP contribution < -0.4 is 21.1 Å². The van der Waals surface area contributed by atoms with Gasteiger partial charge in [0.2, 0.25) is 0 Å². The molecule has 4 aromatic rings. The average Bonchev–Trinajstić information content (AvgIpc) is 2.93. The molecule has 0 saturated carbocycles. The van der Waals surface area contributed by atoms with Gasteiger partial charge in [0.1, 0.15) is 0 Å². The quantitative estimate of drug-likeness (QED) is 0.178. The first kappa shape index (κ1) is 31.4. The number of amides is 2. The van der Waals surface area contributed by atoms with E-state index < -0.39 is 0 Å². The minimum atomic E-state index is -0.383. The van der Waals surface area contributed by atoms with Crippen molar-refractivity contribution >= 4 is 56.1 Å². The van der Waals surface area contributed by atoms with Crippen molar-refractivity contribution in [2.75, 3.05) is 0 Å². The van der Waals surface area contributed by atoms with Crippen molar-refractivity contribution in [2.24, 2.45) is 10.2 Å². The molecule has 0 bridgehead atoms. The van der Waals surface area contributed by atoms with Gasteiger partial charge in [0.15, 0.2) is 0 Å². The summed E-state index contributed by atoms with van der Waals surface area (Å²) < 4.78 is 1.54. The molecule has 2 amide bonds. The number of hydrogen-bond donors (Lipinski definition) is 2. The molecule has 10 nitrogen and oxygen atoms in total. The van der Waals surface area contributed by atoms with Gasteiger partial charge in [-0.15, -0.1) is 0 Å². The van der Waals surface area contributed by atoms with E-state index in [1.807, 2.05) is 0 Å². The second kappa shape index (κ2) is 16.2. The predicted molar refractivity (Wildman–Crippen MR) is 146 cm³/mol. The van der Waals surface area contributed by atoms with E-state index in [0.29, 0.717) is 22.3 Å². The van der Waals surface area contributed by atoms with Gasteiger partial charge in [-0.1, -0.05) is 55.5 Å². The van der Waals surface area contributed by atoms with Crippen LogP contribution in [0.5, 0.6) is 11.5 Å². The van der Waals surface area contributed by atoms with Gasteiger partial charge in [-0.3, -0.25) is 19.6 Å². The topological polar surface area (TPSA) is 155 Å². The number of pyridine rings is 2. The third-order valence-corrected chi connectivity index (χ3v) is 5.52. The molecule has 0 aliphatic carbocycles. The number of carbonyl (C=O) groups is 2. The van der Waals surface area contributed by atoms with Gasteiger partial charge in [-0.2, -0.15) is 10.2 Å². The maximum absolute atomic E-state index is 11.6. The van der Waals surface area contributed by atoms with Gasteiger partial charge < -0.3 is 10.2 Å². The maximum atomic E-state index is 11.6. The van der Waals surface area contributed by atoms with Crippen LogP contribution in [0, 0.1) is 0 Å². The second-order valence-corrected chi connectivity index (χ2v) is 9.08. The summed E-state index contributed by atoms with van der Waals surface area (Å²) in [5.41, 5.74) is 6.24. The number of nitrogens with zero attached hydrogens (tertiary/aromatic N) is 4. The Balaban J connectivity index is 0.000000267. The van der Waals surface area contributed by atoms with E-state index in [1.165, 1.54) is 37.0 Å². The van der Waals surface area contributed by atoms with Gasteiger partial charge in [0.05, 0.1) is 23.6 Å². The monoisotopic (exact) mass is 700 g/mol. The second-order valence-electron chi connectivity index (χ2n) is 7.25. The fourth-order valence-electron chi connectivity index (χ4n) is 2.68. The Bertz CT molecular complexity index is 1350. The first-order valence-electron chi connectivity index (χ1n) is 10.7. The molecule has 0 atom stereocenters. The number of nitrogens with one attached hydrogen (secondary N) is 2. The summed E-state index contributed by atoms with van der Waals surface area (Å²) in [6.07, 6.45) is 8.63. The molecule has 2 heterocycles. The normalized spacial score (nSPS) is 10.3. The Hall–Kier alpha value is -3.80. The van der Waals surface area contributed by atoms with E-state index in [9.17, 15) is 19.8 Å². The molecule has 2 aromatic carbocycles. The molecule has 0 saturated heterocycles. The number of rotatable bonds is 6. The number of aromatic nitrogens is 2. The van der Waals surface area contributed by atoms with Crippen LogP contribution in [0.2, 0.25) is 0 Å². The zero-order chi connectivity index (χ0) is 27.3. The molecule has 0 unspecified atom stereocenters. The predicted octanol–water partition coefficient (Wildman–Crippen LogP) is 3.36. The Morgan fingerprint density at radius 2 is 1.13 bits per heavy atom. The van der Waals surface area contributed by atoms with Gasteiger partial charge in [0, 0.05) is 33.7 Å². The summed E-state index contributed by atoms with van der Waals surface area (Å²) in [6, 6.07) is 16.0. The molecule has 2 aromatic heterocycles. The largest absolute Gasteiger partial charge is 2.00 e. The van der Waals surface area contributed by atoms with E-state index in [0.717, 1.165) is 8.95 Å². The molecule has 13 heteroatoms. The summed E-state index contributed by atoms with van der Waals surface area (Å²) in [5.74, 6) is -1.09. The minimum Gasteiger partial charge on any atom is -0.872 e. The van der Waals surface area contributed by atoms with Crippen LogP contribution in [0.4, 0.5) is 0 Å². The number of hydrazone groups is 2. The molecule has 0 aliphatic rings. The summed E-state index contributed by atoms with van der Waals surface area (Å²) >= 11 is 6.52. The maximum Gasteiger partial charge on any atom is 2.00 e. The van der Waals surface area contributed by atoms with Crippen molar-refractivity contribution in [3.63, 3.8) is 0 Å². The fourth-order valence-corrected chi connectivity index (χ4v) is 3.44. The zero-order valence-electron chi connectivity index (χ0n) is 20.1. The van der Waals surface area contributed by atoms with Crippen LogP contribution >= 0.6 is 31.9 Å². The van der Waals surface area contributed by atoms with Crippen LogP contribution in [0.3, 0.4) is 0 Å². The van der Waals surface area contributed by atoms with E-state index in [1.54, 1.807) is 60.9 Å².